The quantitative estimate of drug-likeness (QED) is 0.310. The van der Waals surface area contributed by atoms with Crippen LogP contribution in [0.15, 0.2) is 18.2 Å². The van der Waals surface area contributed by atoms with Crippen molar-refractivity contribution < 1.29 is 39.5 Å². The van der Waals surface area contributed by atoms with E-state index >= 15 is 0 Å². The molecular formula is C13H3F3FeO2-6. The van der Waals surface area contributed by atoms with E-state index in [-0.39, 0.29) is 17.1 Å². The Hall–Kier alpha value is -1.64. The Balaban J connectivity index is -0.000000220. The Bertz CT molecular complexity index is 430. The summed E-state index contributed by atoms with van der Waals surface area (Å²) in [7, 11) is 0. The van der Waals surface area contributed by atoms with Gasteiger partial charge < -0.3 is 30.3 Å². The van der Waals surface area contributed by atoms with Crippen molar-refractivity contribution in [1.82, 2.24) is 0 Å². The smallest absolute Gasteiger partial charge is 0 e. The topological polar surface area (TPSA) is 39.8 Å². The molecule has 0 fully saturated rings. The minimum atomic E-state index is -1.28. The molecule has 2 rings (SSSR count). The van der Waals surface area contributed by atoms with Gasteiger partial charge in [-0.05, 0) is 0 Å². The van der Waals surface area contributed by atoms with Crippen LogP contribution in [-0.4, -0.2) is 0 Å². The first kappa shape index (κ1) is 22.5. The fourth-order valence-electron chi connectivity index (χ4n) is 0.606. The number of hydrogen-bond acceptors (Lipinski definition) is 0. The normalized spacial score (nSPS) is 6.89. The maximum absolute atomic E-state index is 11.9. The summed E-state index contributed by atoms with van der Waals surface area (Å²) in [5.41, 5.74) is 0. The third-order valence-corrected chi connectivity index (χ3v) is 1.17. The Labute approximate surface area is 119 Å². The van der Waals surface area contributed by atoms with Crippen molar-refractivity contribution in [3.05, 3.63) is 79.3 Å². The molecule has 0 amide bonds. The Morgan fingerprint density at radius 2 is 1.42 bits per heavy atom. The van der Waals surface area contributed by atoms with Gasteiger partial charge >= 0.3 is 22.6 Å². The standard InChI is InChI=1S/C6H2F3.C5H.2CO.Fe/c7-4-1-2-5(8)6(9)3-4;1-2-4-5-3-1;2*1-2;/h1-2H;1H;;;/q-1;-5;;;. The molecule has 0 aliphatic heterocycles. The number of rotatable bonds is 0. The van der Waals surface area contributed by atoms with Crippen LogP contribution in [0.1, 0.15) is 0 Å². The summed E-state index contributed by atoms with van der Waals surface area (Å²) in [6, 6.07) is 15.0. The molecule has 0 atom stereocenters. The minimum Gasteiger partial charge on any atom is -0.999 e. The van der Waals surface area contributed by atoms with Crippen molar-refractivity contribution in [3.63, 3.8) is 0 Å². The van der Waals surface area contributed by atoms with E-state index in [2.05, 4.69) is 37.6 Å². The number of benzene rings is 1. The molecule has 19 heavy (non-hydrogen) atoms. The van der Waals surface area contributed by atoms with Gasteiger partial charge in [0.25, 0.3) is 0 Å². The molecule has 2 nitrogen and oxygen atoms in total. The number of halogens is 3. The molecule has 0 N–H and O–H groups in total. The van der Waals surface area contributed by atoms with Crippen LogP contribution in [0.3, 0.4) is 0 Å². The molecule has 0 saturated carbocycles. The number of hydrogen-bond donors (Lipinski definition) is 0. The monoisotopic (exact) mass is 304 g/mol. The molecule has 0 heterocycles. The molecule has 2 aromatic rings. The second kappa shape index (κ2) is 16.4. The van der Waals surface area contributed by atoms with E-state index in [1.807, 2.05) is 0 Å². The summed E-state index contributed by atoms with van der Waals surface area (Å²) in [4.78, 5) is 0. The molecule has 0 aliphatic carbocycles. The van der Waals surface area contributed by atoms with Crippen LogP contribution >= 0.6 is 0 Å². The molecule has 0 aromatic heterocycles. The first-order valence-corrected chi connectivity index (χ1v) is 3.96. The zero-order valence-corrected chi connectivity index (χ0v) is 10.1. The van der Waals surface area contributed by atoms with Gasteiger partial charge in [0.05, 0.1) is 0 Å². The zero-order chi connectivity index (χ0) is 14.4. The van der Waals surface area contributed by atoms with E-state index in [1.54, 1.807) is 6.07 Å². The largest absolute Gasteiger partial charge is 0.999 e. The summed E-state index contributed by atoms with van der Waals surface area (Å²) in [5, 5.41) is 0. The van der Waals surface area contributed by atoms with Gasteiger partial charge in [0.15, 0.2) is 0 Å². The molecule has 6 heteroatoms. The minimum absolute atomic E-state index is 0. The van der Waals surface area contributed by atoms with Gasteiger partial charge in [0.2, 0.25) is 0 Å². The fraction of sp³-hybridized carbons (Fsp3) is 0. The first-order chi connectivity index (χ1) is 8.70. The Morgan fingerprint density at radius 1 is 0.947 bits per heavy atom. The van der Waals surface area contributed by atoms with E-state index in [0.29, 0.717) is 6.07 Å². The van der Waals surface area contributed by atoms with Crippen LogP contribution in [0.5, 0.6) is 0 Å². The molecule has 102 valence electrons. The molecule has 0 aliphatic rings. The van der Waals surface area contributed by atoms with Crippen LogP contribution < -0.4 is 0 Å². The second-order valence-corrected chi connectivity index (χ2v) is 2.15. The van der Waals surface area contributed by atoms with Gasteiger partial charge in [0.1, 0.15) is 0 Å². The van der Waals surface area contributed by atoms with Crippen molar-refractivity contribution in [2.75, 3.05) is 0 Å². The third-order valence-electron chi connectivity index (χ3n) is 1.17. The molecule has 0 unspecified atom stereocenters. The SMILES string of the molecule is Fc1[c-]c(F)c(F)cc1.[C-]#[O+].[C-]#[O+].[Fe].[c-]1[c-][c-][cH-][c-]1. The third kappa shape index (κ3) is 12.6. The van der Waals surface area contributed by atoms with Gasteiger partial charge in [-0.1, -0.05) is 0 Å². The predicted octanol–water partition coefficient (Wildman–Crippen LogP) is 2.43. The van der Waals surface area contributed by atoms with E-state index < -0.39 is 17.5 Å². The van der Waals surface area contributed by atoms with Crippen molar-refractivity contribution in [2.45, 2.75) is 0 Å². The average molecular weight is 304 g/mol. The average Bonchev–Trinajstić information content (AvgIpc) is 2.98. The zero-order valence-electron chi connectivity index (χ0n) is 9.04. The second-order valence-electron chi connectivity index (χ2n) is 2.15. The van der Waals surface area contributed by atoms with Crippen LogP contribution in [0.4, 0.5) is 13.2 Å². The maximum Gasteiger partial charge on any atom is 0 e. The van der Waals surface area contributed by atoms with Crippen molar-refractivity contribution >= 4 is 0 Å². The van der Waals surface area contributed by atoms with Gasteiger partial charge in [-0.3, -0.25) is 4.39 Å². The van der Waals surface area contributed by atoms with Crippen LogP contribution in [0, 0.1) is 61.1 Å². The van der Waals surface area contributed by atoms with Crippen molar-refractivity contribution in [3.8, 4) is 0 Å². The van der Waals surface area contributed by atoms with E-state index in [0.717, 1.165) is 6.07 Å². The summed E-state index contributed by atoms with van der Waals surface area (Å²) < 4.78 is 50.7. The van der Waals surface area contributed by atoms with Gasteiger partial charge in [-0.2, -0.15) is 0 Å². The van der Waals surface area contributed by atoms with Crippen LogP contribution in [0.25, 0.3) is 0 Å². The van der Waals surface area contributed by atoms with Crippen molar-refractivity contribution in [1.29, 1.82) is 0 Å². The molecule has 0 saturated heterocycles. The molecular weight excluding hydrogens is 301 g/mol. The van der Waals surface area contributed by atoms with E-state index in [1.165, 1.54) is 6.07 Å². The van der Waals surface area contributed by atoms with E-state index in [4.69, 9.17) is 9.30 Å². The summed E-state index contributed by atoms with van der Waals surface area (Å²) >= 11 is 0. The van der Waals surface area contributed by atoms with E-state index in [9.17, 15) is 13.2 Å². The maximum atomic E-state index is 11.9. The Morgan fingerprint density at radius 3 is 1.68 bits per heavy atom. The molecule has 0 radical (unpaired) electrons. The molecule has 0 spiro atoms. The van der Waals surface area contributed by atoms with Crippen LogP contribution in [-0.2, 0) is 26.4 Å². The van der Waals surface area contributed by atoms with Gasteiger partial charge in [-0.15, -0.1) is 18.2 Å². The van der Waals surface area contributed by atoms with Gasteiger partial charge in [0, 0.05) is 34.5 Å². The first-order valence-electron chi connectivity index (χ1n) is 3.96. The molecule has 2 aromatic carbocycles. The fourth-order valence-corrected chi connectivity index (χ4v) is 0.606. The van der Waals surface area contributed by atoms with Gasteiger partial charge in [-0.25, -0.2) is 8.78 Å². The summed E-state index contributed by atoms with van der Waals surface area (Å²) in [6.45, 7) is 9.00. The van der Waals surface area contributed by atoms with Crippen LogP contribution in [0.2, 0.25) is 0 Å². The molecule has 0 bridgehead atoms. The Kier molecular flexibility index (Phi) is 19.4. The summed E-state index contributed by atoms with van der Waals surface area (Å²) in [6.07, 6.45) is 0. The van der Waals surface area contributed by atoms with Crippen molar-refractivity contribution in [2.24, 2.45) is 0 Å². The predicted molar refractivity (Wildman–Crippen MR) is 50.4 cm³/mol. The summed E-state index contributed by atoms with van der Waals surface area (Å²) in [5.74, 6) is -3.26.